The van der Waals surface area contributed by atoms with Crippen molar-refractivity contribution in [2.24, 2.45) is 0 Å². The zero-order chi connectivity index (χ0) is 21.0. The van der Waals surface area contributed by atoms with Crippen LogP contribution in [0.5, 0.6) is 23.0 Å². The van der Waals surface area contributed by atoms with Crippen LogP contribution in [-0.2, 0) is 19.9 Å². The van der Waals surface area contributed by atoms with Gasteiger partial charge in [0.15, 0.2) is 34.4 Å². The molecule has 2 heterocycles. The van der Waals surface area contributed by atoms with Crippen LogP contribution in [0.25, 0.3) is 0 Å². The van der Waals surface area contributed by atoms with Crippen molar-refractivity contribution in [1.29, 1.82) is 0 Å². The number of carbonyl (C=O) groups excluding carboxylic acids is 2. The lowest BCUT2D eigenvalue weighted by molar-refractivity contribution is -0.138. The molecule has 0 bridgehead atoms. The summed E-state index contributed by atoms with van der Waals surface area (Å²) in [6, 6.07) is 8.54. The lowest BCUT2D eigenvalue weighted by Gasteiger charge is -2.38. The molecular weight excluding hydrogens is 392 g/mol. The summed E-state index contributed by atoms with van der Waals surface area (Å²) in [5.74, 6) is 1.01. The number of carbonyl (C=O) groups is 2. The predicted octanol–water partition coefficient (Wildman–Crippen LogP) is 2.37. The second-order valence-electron chi connectivity index (χ2n) is 6.96. The number of hydrogen-bond donors (Lipinski definition) is 0. The number of hydrogen-bond acceptors (Lipinski definition) is 8. The standard InChI is InChI=1S/C22H18O8/c1-25-16-7-12-14(8-17(16)26-2)22(27-3,19-13(20(12)23)9-28-21(19)24)11-4-5-15-18(6-11)30-10-29-15/h4-8H,9-10H2,1-3H3. The second-order valence-corrected chi connectivity index (χ2v) is 6.96. The number of esters is 1. The van der Waals surface area contributed by atoms with Gasteiger partial charge in [-0.15, -0.1) is 0 Å². The van der Waals surface area contributed by atoms with E-state index in [2.05, 4.69) is 0 Å². The molecule has 154 valence electrons. The first kappa shape index (κ1) is 18.5. The number of cyclic esters (lactones) is 1. The van der Waals surface area contributed by atoms with Gasteiger partial charge in [0.1, 0.15) is 6.61 Å². The number of ketones is 1. The van der Waals surface area contributed by atoms with Crippen LogP contribution in [0, 0.1) is 0 Å². The fourth-order valence-electron chi connectivity index (χ4n) is 4.34. The number of fused-ring (bicyclic) bond motifs is 2. The third kappa shape index (κ3) is 2.25. The van der Waals surface area contributed by atoms with E-state index in [1.54, 1.807) is 30.3 Å². The van der Waals surface area contributed by atoms with Crippen LogP contribution in [-0.4, -0.2) is 46.5 Å². The smallest absolute Gasteiger partial charge is 0.338 e. The Morgan fingerprint density at radius 3 is 2.37 bits per heavy atom. The minimum Gasteiger partial charge on any atom is -0.493 e. The fourth-order valence-corrected chi connectivity index (χ4v) is 4.34. The van der Waals surface area contributed by atoms with Gasteiger partial charge in [-0.3, -0.25) is 4.79 Å². The lowest BCUT2D eigenvalue weighted by Crippen LogP contribution is -2.40. The molecular formula is C22H18O8. The SMILES string of the molecule is COc1cc2c(cc1OC)C(OC)(c1ccc3c(c1)OCO3)C1=C(COC1=O)C2=O. The maximum Gasteiger partial charge on any atom is 0.338 e. The summed E-state index contributed by atoms with van der Waals surface area (Å²) in [6.45, 7) is -0.00863. The second kappa shape index (κ2) is 6.50. The Kier molecular flexibility index (Phi) is 4.01. The number of rotatable bonds is 4. The van der Waals surface area contributed by atoms with E-state index in [0.29, 0.717) is 39.7 Å². The average Bonchev–Trinajstić information content (AvgIpc) is 3.40. The average molecular weight is 410 g/mol. The van der Waals surface area contributed by atoms with Gasteiger partial charge in [0.05, 0.1) is 25.4 Å². The Balaban J connectivity index is 1.86. The lowest BCUT2D eigenvalue weighted by atomic mass is 9.70. The number of methoxy groups -OCH3 is 3. The number of benzene rings is 2. The summed E-state index contributed by atoms with van der Waals surface area (Å²) >= 11 is 0. The molecule has 2 aliphatic heterocycles. The highest BCUT2D eigenvalue weighted by Crippen LogP contribution is 2.52. The maximum absolute atomic E-state index is 13.2. The van der Waals surface area contributed by atoms with Gasteiger partial charge in [0.25, 0.3) is 0 Å². The van der Waals surface area contributed by atoms with Crippen molar-refractivity contribution >= 4 is 11.8 Å². The molecule has 0 spiro atoms. The van der Waals surface area contributed by atoms with Crippen LogP contribution < -0.4 is 18.9 Å². The largest absolute Gasteiger partial charge is 0.493 e. The van der Waals surface area contributed by atoms with E-state index in [9.17, 15) is 9.59 Å². The summed E-state index contributed by atoms with van der Waals surface area (Å²) in [5.41, 5.74) is 0.440. The molecule has 0 saturated carbocycles. The molecule has 0 aromatic heterocycles. The number of Topliss-reactive ketones (excluding diaryl/α,β-unsaturated/α-hetero) is 1. The highest BCUT2D eigenvalue weighted by Gasteiger charge is 2.54. The summed E-state index contributed by atoms with van der Waals surface area (Å²) < 4.78 is 33.1. The Morgan fingerprint density at radius 2 is 1.63 bits per heavy atom. The van der Waals surface area contributed by atoms with E-state index in [1.807, 2.05) is 0 Å². The third-order valence-electron chi connectivity index (χ3n) is 5.71. The van der Waals surface area contributed by atoms with Crippen molar-refractivity contribution in [3.63, 3.8) is 0 Å². The molecule has 1 unspecified atom stereocenters. The monoisotopic (exact) mass is 410 g/mol. The van der Waals surface area contributed by atoms with Crippen LogP contribution in [0.4, 0.5) is 0 Å². The molecule has 0 N–H and O–H groups in total. The molecule has 8 heteroatoms. The van der Waals surface area contributed by atoms with E-state index in [1.165, 1.54) is 21.3 Å². The van der Waals surface area contributed by atoms with Crippen LogP contribution in [0.15, 0.2) is 41.5 Å². The van der Waals surface area contributed by atoms with Crippen molar-refractivity contribution in [3.8, 4) is 23.0 Å². The molecule has 0 fully saturated rings. The first-order valence-electron chi connectivity index (χ1n) is 9.22. The number of ether oxygens (including phenoxy) is 6. The minimum absolute atomic E-state index is 0.106. The topological polar surface area (TPSA) is 89.5 Å². The molecule has 1 atom stereocenters. The first-order chi connectivity index (χ1) is 14.5. The third-order valence-corrected chi connectivity index (χ3v) is 5.71. The minimum atomic E-state index is -1.40. The molecule has 0 radical (unpaired) electrons. The van der Waals surface area contributed by atoms with Gasteiger partial charge in [-0.2, -0.15) is 0 Å². The quantitative estimate of drug-likeness (QED) is 0.710. The van der Waals surface area contributed by atoms with Crippen molar-refractivity contribution in [2.45, 2.75) is 5.60 Å². The van der Waals surface area contributed by atoms with Crippen molar-refractivity contribution < 1.29 is 38.0 Å². The molecule has 30 heavy (non-hydrogen) atoms. The Hall–Kier alpha value is -3.52. The van der Waals surface area contributed by atoms with Gasteiger partial charge >= 0.3 is 5.97 Å². The van der Waals surface area contributed by atoms with E-state index in [-0.39, 0.29) is 30.3 Å². The van der Waals surface area contributed by atoms with E-state index in [4.69, 9.17) is 28.4 Å². The molecule has 0 amide bonds. The summed E-state index contributed by atoms with van der Waals surface area (Å²) in [6.07, 6.45) is 0. The fraction of sp³-hybridized carbons (Fsp3) is 0.273. The molecule has 8 nitrogen and oxygen atoms in total. The molecule has 1 aliphatic carbocycles. The van der Waals surface area contributed by atoms with Crippen LogP contribution >= 0.6 is 0 Å². The highest BCUT2D eigenvalue weighted by atomic mass is 16.7. The molecule has 2 aromatic rings. The van der Waals surface area contributed by atoms with Gasteiger partial charge in [0, 0.05) is 18.2 Å². The van der Waals surface area contributed by atoms with Crippen molar-refractivity contribution in [3.05, 3.63) is 58.2 Å². The molecule has 3 aliphatic rings. The van der Waals surface area contributed by atoms with Gasteiger partial charge < -0.3 is 28.4 Å². The maximum atomic E-state index is 13.2. The van der Waals surface area contributed by atoms with Gasteiger partial charge in [-0.05, 0) is 29.8 Å². The highest BCUT2D eigenvalue weighted by molar-refractivity contribution is 6.19. The van der Waals surface area contributed by atoms with E-state index >= 15 is 0 Å². The van der Waals surface area contributed by atoms with E-state index in [0.717, 1.165) is 0 Å². The van der Waals surface area contributed by atoms with E-state index < -0.39 is 11.6 Å². The van der Waals surface area contributed by atoms with Crippen molar-refractivity contribution in [1.82, 2.24) is 0 Å². The van der Waals surface area contributed by atoms with Crippen molar-refractivity contribution in [2.75, 3.05) is 34.7 Å². The normalized spacial score (nSPS) is 21.3. The van der Waals surface area contributed by atoms with Gasteiger partial charge in [0.2, 0.25) is 6.79 Å². The first-order valence-corrected chi connectivity index (χ1v) is 9.22. The summed E-state index contributed by atoms with van der Waals surface area (Å²) in [7, 11) is 4.47. The summed E-state index contributed by atoms with van der Waals surface area (Å²) in [4.78, 5) is 26.0. The van der Waals surface area contributed by atoms with Gasteiger partial charge in [-0.25, -0.2) is 4.79 Å². The molecule has 0 saturated heterocycles. The zero-order valence-electron chi connectivity index (χ0n) is 16.6. The molecule has 5 rings (SSSR count). The zero-order valence-corrected chi connectivity index (χ0v) is 16.6. The summed E-state index contributed by atoms with van der Waals surface area (Å²) in [5, 5.41) is 0. The van der Waals surface area contributed by atoms with Crippen LogP contribution in [0.3, 0.4) is 0 Å². The van der Waals surface area contributed by atoms with Gasteiger partial charge in [-0.1, -0.05) is 6.07 Å². The Labute approximate surface area is 171 Å². The molecule has 2 aromatic carbocycles. The van der Waals surface area contributed by atoms with Crippen LogP contribution in [0.1, 0.15) is 21.5 Å². The Morgan fingerprint density at radius 1 is 0.900 bits per heavy atom. The predicted molar refractivity (Wildman–Crippen MR) is 102 cm³/mol. The van der Waals surface area contributed by atoms with Crippen LogP contribution in [0.2, 0.25) is 0 Å². The Bertz CT molecular complexity index is 1130.